The van der Waals surface area contributed by atoms with Gasteiger partial charge in [-0.2, -0.15) is 0 Å². The lowest BCUT2D eigenvalue weighted by molar-refractivity contribution is -0.119. The number of hydrogen-bond donors (Lipinski definition) is 2. The number of carbonyl (C=O) groups is 1. The second kappa shape index (κ2) is 5.48. The number of rotatable bonds is 3. The standard InChI is InChI=1S/C16H13F3N2O3S/c1-16(2)9-7-8(3-5-11(9)20-15(16)22)25(23,24)21-12-6-4-10(17)13(18)14(12)19/h3-7,21H,1-2H3,(H,20,22). The van der Waals surface area contributed by atoms with Crippen LogP contribution < -0.4 is 10.0 Å². The molecular formula is C16H13F3N2O3S. The Morgan fingerprint density at radius 2 is 1.72 bits per heavy atom. The van der Waals surface area contributed by atoms with Crippen molar-refractivity contribution in [1.29, 1.82) is 0 Å². The molecule has 1 heterocycles. The highest BCUT2D eigenvalue weighted by molar-refractivity contribution is 7.92. The summed E-state index contributed by atoms with van der Waals surface area (Å²) in [6.45, 7) is 3.26. The number of carbonyl (C=O) groups excluding carboxylic acids is 1. The van der Waals surface area contributed by atoms with Crippen molar-refractivity contribution in [2.24, 2.45) is 0 Å². The van der Waals surface area contributed by atoms with Gasteiger partial charge in [-0.15, -0.1) is 0 Å². The van der Waals surface area contributed by atoms with E-state index in [0.717, 1.165) is 6.07 Å². The van der Waals surface area contributed by atoms with Gasteiger partial charge in [0.2, 0.25) is 5.91 Å². The average Bonchev–Trinajstić information content (AvgIpc) is 2.77. The fourth-order valence-corrected chi connectivity index (χ4v) is 3.61. The summed E-state index contributed by atoms with van der Waals surface area (Å²) in [4.78, 5) is 11.7. The Kier molecular flexibility index (Phi) is 3.79. The molecule has 2 N–H and O–H groups in total. The first-order valence-electron chi connectivity index (χ1n) is 7.16. The lowest BCUT2D eigenvalue weighted by Gasteiger charge is -2.16. The van der Waals surface area contributed by atoms with Crippen LogP contribution >= 0.6 is 0 Å². The predicted molar refractivity (Wildman–Crippen MR) is 85.2 cm³/mol. The predicted octanol–water partition coefficient (Wildman–Crippen LogP) is 3.13. The number of hydrogen-bond acceptors (Lipinski definition) is 3. The van der Waals surface area contributed by atoms with Crippen LogP contribution in [0.3, 0.4) is 0 Å². The van der Waals surface area contributed by atoms with Gasteiger partial charge in [-0.05, 0) is 49.7 Å². The van der Waals surface area contributed by atoms with E-state index in [2.05, 4.69) is 5.32 Å². The van der Waals surface area contributed by atoms with Crippen LogP contribution in [0.2, 0.25) is 0 Å². The zero-order valence-electron chi connectivity index (χ0n) is 13.2. The van der Waals surface area contributed by atoms with Gasteiger partial charge in [-0.1, -0.05) is 0 Å². The molecule has 1 aliphatic heterocycles. The second-order valence-electron chi connectivity index (χ2n) is 6.11. The molecule has 0 aromatic heterocycles. The van der Waals surface area contributed by atoms with Gasteiger partial charge in [0.1, 0.15) is 0 Å². The molecule has 0 saturated heterocycles. The van der Waals surface area contributed by atoms with E-state index in [4.69, 9.17) is 0 Å². The molecular weight excluding hydrogens is 357 g/mol. The van der Waals surface area contributed by atoms with Gasteiger partial charge in [0.05, 0.1) is 16.0 Å². The summed E-state index contributed by atoms with van der Waals surface area (Å²) in [7, 11) is -4.27. The molecule has 2 aromatic rings. The Morgan fingerprint density at radius 1 is 1.04 bits per heavy atom. The SMILES string of the molecule is CC1(C)C(=O)Nc2ccc(S(=O)(=O)Nc3ccc(F)c(F)c3F)cc21. The van der Waals surface area contributed by atoms with Crippen LogP contribution in [0.1, 0.15) is 19.4 Å². The van der Waals surface area contributed by atoms with Crippen LogP contribution in [0.4, 0.5) is 24.5 Å². The summed E-state index contributed by atoms with van der Waals surface area (Å²) in [5.41, 5.74) is -0.708. The van der Waals surface area contributed by atoms with Crippen molar-refractivity contribution in [3.63, 3.8) is 0 Å². The number of sulfonamides is 1. The Bertz CT molecular complexity index is 1000. The fourth-order valence-electron chi connectivity index (χ4n) is 2.53. The normalized spacial score (nSPS) is 15.6. The van der Waals surface area contributed by atoms with Gasteiger partial charge in [0.15, 0.2) is 17.5 Å². The van der Waals surface area contributed by atoms with Gasteiger partial charge in [0.25, 0.3) is 10.0 Å². The summed E-state index contributed by atoms with van der Waals surface area (Å²) < 4.78 is 66.7. The number of nitrogens with one attached hydrogen (secondary N) is 2. The van der Waals surface area contributed by atoms with Crippen molar-refractivity contribution in [3.05, 3.63) is 53.3 Å². The van der Waals surface area contributed by atoms with Crippen LogP contribution in [-0.2, 0) is 20.2 Å². The summed E-state index contributed by atoms with van der Waals surface area (Å²) in [5, 5.41) is 2.63. The number of anilines is 2. The first-order valence-corrected chi connectivity index (χ1v) is 8.64. The van der Waals surface area contributed by atoms with Gasteiger partial charge < -0.3 is 5.32 Å². The second-order valence-corrected chi connectivity index (χ2v) is 7.80. The van der Waals surface area contributed by atoms with E-state index in [1.807, 2.05) is 4.72 Å². The zero-order valence-corrected chi connectivity index (χ0v) is 14.0. The highest BCUT2D eigenvalue weighted by atomic mass is 32.2. The molecule has 25 heavy (non-hydrogen) atoms. The molecule has 1 aliphatic rings. The third-order valence-corrected chi connectivity index (χ3v) is 5.43. The first kappa shape index (κ1) is 17.3. The van der Waals surface area contributed by atoms with E-state index in [-0.39, 0.29) is 10.8 Å². The largest absolute Gasteiger partial charge is 0.325 e. The van der Waals surface area contributed by atoms with E-state index in [9.17, 15) is 26.4 Å². The summed E-state index contributed by atoms with van der Waals surface area (Å²) in [6.07, 6.45) is 0. The van der Waals surface area contributed by atoms with E-state index in [1.54, 1.807) is 13.8 Å². The molecule has 0 fully saturated rings. The van der Waals surface area contributed by atoms with Crippen LogP contribution in [0.25, 0.3) is 0 Å². The van der Waals surface area contributed by atoms with Gasteiger partial charge >= 0.3 is 0 Å². The molecule has 0 saturated carbocycles. The van der Waals surface area contributed by atoms with E-state index in [0.29, 0.717) is 17.3 Å². The monoisotopic (exact) mass is 370 g/mol. The summed E-state index contributed by atoms with van der Waals surface area (Å²) in [5.74, 6) is -5.12. The maximum Gasteiger partial charge on any atom is 0.262 e. The Morgan fingerprint density at radius 3 is 2.40 bits per heavy atom. The Hall–Kier alpha value is -2.55. The topological polar surface area (TPSA) is 75.3 Å². The highest BCUT2D eigenvalue weighted by Gasteiger charge is 2.39. The maximum atomic E-state index is 13.7. The number of amides is 1. The van der Waals surface area contributed by atoms with Crippen LogP contribution in [0, 0.1) is 17.5 Å². The molecule has 0 radical (unpaired) electrons. The number of benzene rings is 2. The van der Waals surface area contributed by atoms with Crippen LogP contribution in [-0.4, -0.2) is 14.3 Å². The minimum absolute atomic E-state index is 0.236. The number of halogens is 3. The molecule has 5 nitrogen and oxygen atoms in total. The minimum Gasteiger partial charge on any atom is -0.325 e. The summed E-state index contributed by atoms with van der Waals surface area (Å²) in [6, 6.07) is 5.32. The van der Waals surface area contributed by atoms with Crippen molar-refractivity contribution in [2.75, 3.05) is 10.0 Å². The smallest absolute Gasteiger partial charge is 0.262 e. The molecule has 3 rings (SSSR count). The molecule has 0 spiro atoms. The van der Waals surface area contributed by atoms with Crippen LogP contribution in [0.15, 0.2) is 35.2 Å². The molecule has 132 valence electrons. The molecule has 0 bridgehead atoms. The third-order valence-electron chi connectivity index (χ3n) is 4.07. The van der Waals surface area contributed by atoms with Gasteiger partial charge in [-0.3, -0.25) is 9.52 Å². The molecule has 1 amide bonds. The molecule has 0 atom stereocenters. The molecule has 0 aliphatic carbocycles. The van der Waals surface area contributed by atoms with Crippen molar-refractivity contribution in [1.82, 2.24) is 0 Å². The van der Waals surface area contributed by atoms with Gasteiger partial charge in [-0.25, -0.2) is 21.6 Å². The Balaban J connectivity index is 2.02. The van der Waals surface area contributed by atoms with E-state index in [1.165, 1.54) is 18.2 Å². The van der Waals surface area contributed by atoms with Crippen molar-refractivity contribution < 1.29 is 26.4 Å². The lowest BCUT2D eigenvalue weighted by atomic mass is 9.86. The van der Waals surface area contributed by atoms with Crippen molar-refractivity contribution in [3.8, 4) is 0 Å². The van der Waals surface area contributed by atoms with Crippen molar-refractivity contribution >= 4 is 27.3 Å². The molecule has 9 heteroatoms. The van der Waals surface area contributed by atoms with E-state index >= 15 is 0 Å². The lowest BCUT2D eigenvalue weighted by Crippen LogP contribution is -2.27. The minimum atomic E-state index is -4.27. The molecule has 0 unspecified atom stereocenters. The first-order chi connectivity index (χ1) is 11.5. The van der Waals surface area contributed by atoms with E-state index < -0.39 is 38.6 Å². The summed E-state index contributed by atoms with van der Waals surface area (Å²) >= 11 is 0. The molecule has 2 aromatic carbocycles. The maximum absolute atomic E-state index is 13.7. The van der Waals surface area contributed by atoms with Crippen molar-refractivity contribution in [2.45, 2.75) is 24.2 Å². The average molecular weight is 370 g/mol. The van der Waals surface area contributed by atoms with Gasteiger partial charge in [0, 0.05) is 5.69 Å². The number of fused-ring (bicyclic) bond motifs is 1. The Labute approximate surface area is 141 Å². The zero-order chi connectivity index (χ0) is 18.6. The quantitative estimate of drug-likeness (QED) is 0.815. The fraction of sp³-hybridized carbons (Fsp3) is 0.188. The highest BCUT2D eigenvalue weighted by Crippen LogP contribution is 2.38. The third kappa shape index (κ3) is 2.74. The van der Waals surface area contributed by atoms with Crippen LogP contribution in [0.5, 0.6) is 0 Å².